The highest BCUT2D eigenvalue weighted by atomic mass is 32.1. The Balaban J connectivity index is 1.50. The lowest BCUT2D eigenvalue weighted by Crippen LogP contribution is -2.31. The van der Waals surface area contributed by atoms with Crippen molar-refractivity contribution in [3.63, 3.8) is 0 Å². The number of benzene rings is 1. The van der Waals surface area contributed by atoms with Gasteiger partial charge >= 0.3 is 0 Å². The van der Waals surface area contributed by atoms with Gasteiger partial charge < -0.3 is 15.7 Å². The van der Waals surface area contributed by atoms with Gasteiger partial charge in [0, 0.05) is 25.6 Å². The molecule has 2 aromatic rings. The number of carbonyl (C=O) groups excluding carboxylic acids is 1. The number of aliphatic hydroxyl groups is 1. The predicted molar refractivity (Wildman–Crippen MR) is 91.2 cm³/mol. The van der Waals surface area contributed by atoms with Crippen molar-refractivity contribution in [2.45, 2.75) is 38.5 Å². The third-order valence-electron chi connectivity index (χ3n) is 4.08. The molecule has 0 aliphatic carbocycles. The van der Waals surface area contributed by atoms with E-state index in [4.69, 9.17) is 0 Å². The van der Waals surface area contributed by atoms with Crippen molar-refractivity contribution in [3.05, 3.63) is 41.0 Å². The molecule has 5 nitrogen and oxygen atoms in total. The molecular weight excluding hydrogens is 310 g/mol. The third-order valence-corrected chi connectivity index (χ3v) is 5.06. The van der Waals surface area contributed by atoms with Crippen LogP contribution in [-0.2, 0) is 11.3 Å². The Bertz CT molecular complexity index is 669. The monoisotopic (exact) mass is 331 g/mol. The summed E-state index contributed by atoms with van der Waals surface area (Å²) in [5, 5.41) is 15.5. The van der Waals surface area contributed by atoms with Gasteiger partial charge in [-0.1, -0.05) is 24.3 Å². The molecule has 0 radical (unpaired) electrons. The zero-order valence-corrected chi connectivity index (χ0v) is 13.9. The molecule has 1 aliphatic rings. The Morgan fingerprint density at radius 1 is 1.43 bits per heavy atom. The maximum Gasteiger partial charge on any atom is 0.221 e. The number of β-amino-alcohol motifs (C(OH)–C–C–N with tert-alkyl or cyclic N) is 1. The molecule has 23 heavy (non-hydrogen) atoms. The second kappa shape index (κ2) is 7.21. The average molecular weight is 331 g/mol. The molecular formula is C17H21N3O2S. The van der Waals surface area contributed by atoms with Gasteiger partial charge in [0.25, 0.3) is 0 Å². The van der Waals surface area contributed by atoms with Crippen LogP contribution in [0.1, 0.15) is 24.1 Å². The van der Waals surface area contributed by atoms with Crippen molar-refractivity contribution in [2.75, 3.05) is 6.54 Å². The van der Waals surface area contributed by atoms with E-state index in [0.717, 1.165) is 16.8 Å². The van der Waals surface area contributed by atoms with Crippen molar-refractivity contribution < 1.29 is 9.90 Å². The first-order valence-corrected chi connectivity index (χ1v) is 8.67. The Morgan fingerprint density at radius 2 is 2.22 bits per heavy atom. The average Bonchev–Trinajstić information content (AvgIpc) is 3.14. The van der Waals surface area contributed by atoms with Crippen LogP contribution in [0.25, 0.3) is 10.4 Å². The summed E-state index contributed by atoms with van der Waals surface area (Å²) in [6, 6.07) is 8.29. The van der Waals surface area contributed by atoms with Gasteiger partial charge in [0.2, 0.25) is 5.91 Å². The standard InChI is InChI=1S/C17H21N3O2S/c1-11-17(23-10-20-11)13-4-2-12(3-5-13)8-19-16(22)7-14-6-15(21)9-18-14/h2-5,10,14-15,18,21H,6-9H2,1H3,(H,19,22)/t14-,15+/m0/s1. The summed E-state index contributed by atoms with van der Waals surface area (Å²) in [6.07, 6.45) is 0.737. The number of rotatable bonds is 5. The number of hydrogen-bond donors (Lipinski definition) is 3. The summed E-state index contributed by atoms with van der Waals surface area (Å²) < 4.78 is 0. The van der Waals surface area contributed by atoms with Crippen LogP contribution < -0.4 is 10.6 Å². The van der Waals surface area contributed by atoms with Crippen molar-refractivity contribution >= 4 is 17.2 Å². The maximum absolute atomic E-state index is 11.9. The SMILES string of the molecule is Cc1ncsc1-c1ccc(CNC(=O)C[C@@H]2C[C@@H](O)CN2)cc1. The molecule has 3 rings (SSSR count). The van der Waals surface area contributed by atoms with Crippen LogP contribution in [0, 0.1) is 6.92 Å². The molecule has 1 amide bonds. The fourth-order valence-corrected chi connectivity index (χ4v) is 3.61. The Kier molecular flexibility index (Phi) is 5.05. The quantitative estimate of drug-likeness (QED) is 0.782. The minimum Gasteiger partial charge on any atom is -0.392 e. The highest BCUT2D eigenvalue weighted by molar-refractivity contribution is 7.13. The van der Waals surface area contributed by atoms with Crippen molar-refractivity contribution in [1.29, 1.82) is 0 Å². The highest BCUT2D eigenvalue weighted by Gasteiger charge is 2.23. The van der Waals surface area contributed by atoms with E-state index in [0.29, 0.717) is 25.9 Å². The third kappa shape index (κ3) is 4.16. The van der Waals surface area contributed by atoms with Crippen LogP contribution in [-0.4, -0.2) is 34.7 Å². The number of nitrogens with zero attached hydrogens (tertiary/aromatic N) is 1. The van der Waals surface area contributed by atoms with Crippen LogP contribution in [0.2, 0.25) is 0 Å². The Labute approximate surface area is 139 Å². The molecule has 0 spiro atoms. The van der Waals surface area contributed by atoms with Gasteiger partial charge in [-0.05, 0) is 24.5 Å². The lowest BCUT2D eigenvalue weighted by atomic mass is 10.1. The van der Waals surface area contributed by atoms with Gasteiger partial charge in [-0.2, -0.15) is 0 Å². The zero-order chi connectivity index (χ0) is 16.2. The predicted octanol–water partition coefficient (Wildman–Crippen LogP) is 1.85. The largest absolute Gasteiger partial charge is 0.392 e. The molecule has 1 aromatic heterocycles. The van der Waals surface area contributed by atoms with Crippen LogP contribution in [0.15, 0.2) is 29.8 Å². The molecule has 3 N–H and O–H groups in total. The minimum atomic E-state index is -0.324. The topological polar surface area (TPSA) is 74.2 Å². The van der Waals surface area contributed by atoms with Gasteiger partial charge in [-0.25, -0.2) is 4.98 Å². The first-order chi connectivity index (χ1) is 11.1. The van der Waals surface area contributed by atoms with Crippen molar-refractivity contribution in [2.24, 2.45) is 0 Å². The number of nitrogens with one attached hydrogen (secondary N) is 2. The van der Waals surface area contributed by atoms with Crippen LogP contribution in [0.3, 0.4) is 0 Å². The molecule has 6 heteroatoms. The second-order valence-electron chi connectivity index (χ2n) is 5.94. The molecule has 1 fully saturated rings. The number of amides is 1. The summed E-state index contributed by atoms with van der Waals surface area (Å²) in [4.78, 5) is 17.4. The number of aryl methyl sites for hydroxylation is 1. The zero-order valence-electron chi connectivity index (χ0n) is 13.1. The molecule has 1 aromatic carbocycles. The second-order valence-corrected chi connectivity index (χ2v) is 6.79. The molecule has 2 atom stereocenters. The van der Waals surface area contributed by atoms with E-state index in [-0.39, 0.29) is 18.1 Å². The number of carbonyl (C=O) groups is 1. The van der Waals surface area contributed by atoms with E-state index in [1.807, 2.05) is 24.6 Å². The summed E-state index contributed by atoms with van der Waals surface area (Å²) in [6.45, 7) is 3.11. The highest BCUT2D eigenvalue weighted by Crippen LogP contribution is 2.27. The molecule has 122 valence electrons. The number of hydrogen-bond acceptors (Lipinski definition) is 5. The Morgan fingerprint density at radius 3 is 2.83 bits per heavy atom. The summed E-state index contributed by atoms with van der Waals surface area (Å²) in [5.74, 6) is 0.0129. The minimum absolute atomic E-state index is 0.0129. The smallest absolute Gasteiger partial charge is 0.221 e. The van der Waals surface area contributed by atoms with E-state index in [2.05, 4.69) is 27.8 Å². The summed E-state index contributed by atoms with van der Waals surface area (Å²) in [7, 11) is 0. The lowest BCUT2D eigenvalue weighted by Gasteiger charge is -2.10. The molecule has 0 bridgehead atoms. The number of aliphatic hydroxyl groups excluding tert-OH is 1. The van der Waals surface area contributed by atoms with Gasteiger partial charge in [0.1, 0.15) is 0 Å². The first kappa shape index (κ1) is 16.1. The molecule has 0 saturated carbocycles. The van der Waals surface area contributed by atoms with Crippen molar-refractivity contribution in [1.82, 2.24) is 15.6 Å². The Hall–Kier alpha value is -1.76. The number of thiazole rings is 1. The van der Waals surface area contributed by atoms with Gasteiger partial charge in [0.15, 0.2) is 0 Å². The molecule has 1 aliphatic heterocycles. The summed E-state index contributed by atoms with van der Waals surface area (Å²) >= 11 is 1.64. The fourth-order valence-electron chi connectivity index (χ4n) is 2.80. The summed E-state index contributed by atoms with van der Waals surface area (Å²) in [5.41, 5.74) is 5.13. The maximum atomic E-state index is 11.9. The van der Waals surface area contributed by atoms with E-state index < -0.39 is 0 Å². The van der Waals surface area contributed by atoms with E-state index in [9.17, 15) is 9.90 Å². The lowest BCUT2D eigenvalue weighted by molar-refractivity contribution is -0.121. The van der Waals surface area contributed by atoms with Crippen molar-refractivity contribution in [3.8, 4) is 10.4 Å². The van der Waals surface area contributed by atoms with E-state index in [1.165, 1.54) is 4.88 Å². The van der Waals surface area contributed by atoms with E-state index in [1.54, 1.807) is 11.3 Å². The normalized spacial score (nSPS) is 20.6. The number of aromatic nitrogens is 1. The first-order valence-electron chi connectivity index (χ1n) is 7.79. The molecule has 0 unspecified atom stereocenters. The van der Waals surface area contributed by atoms with Gasteiger partial charge in [-0.15, -0.1) is 11.3 Å². The fraction of sp³-hybridized carbons (Fsp3) is 0.412. The van der Waals surface area contributed by atoms with Gasteiger partial charge in [0.05, 0.1) is 22.2 Å². The van der Waals surface area contributed by atoms with E-state index >= 15 is 0 Å². The van der Waals surface area contributed by atoms with Crippen LogP contribution in [0.4, 0.5) is 0 Å². The van der Waals surface area contributed by atoms with Gasteiger partial charge in [-0.3, -0.25) is 4.79 Å². The van der Waals surface area contributed by atoms with Crippen LogP contribution >= 0.6 is 11.3 Å². The molecule has 2 heterocycles. The molecule has 1 saturated heterocycles. The van der Waals surface area contributed by atoms with Crippen LogP contribution in [0.5, 0.6) is 0 Å².